The zero-order valence-corrected chi connectivity index (χ0v) is 6.29. The Morgan fingerprint density at radius 3 is 2.50 bits per heavy atom. The molecule has 0 unspecified atom stereocenters. The van der Waals surface area contributed by atoms with Gasteiger partial charge in [0.05, 0.1) is 7.11 Å². The number of hydrogen-bond acceptors (Lipinski definition) is 1. The van der Waals surface area contributed by atoms with Crippen LogP contribution in [0.5, 0.6) is 5.75 Å². The Bertz CT molecular complexity index is 183. The molecule has 0 aliphatic heterocycles. The van der Waals surface area contributed by atoms with Gasteiger partial charge >= 0.3 is 0 Å². The maximum Gasteiger partial charge on any atom is 0.122 e. The summed E-state index contributed by atoms with van der Waals surface area (Å²) >= 11 is 0. The summed E-state index contributed by atoms with van der Waals surface area (Å²) in [6.45, 7) is 2.00. The smallest absolute Gasteiger partial charge is 0.122 e. The van der Waals surface area contributed by atoms with Crippen LogP contribution in [0.3, 0.4) is 0 Å². The van der Waals surface area contributed by atoms with Gasteiger partial charge in [-0.25, -0.2) is 0 Å². The van der Waals surface area contributed by atoms with Gasteiger partial charge in [-0.05, 0) is 18.1 Å². The van der Waals surface area contributed by atoms with Gasteiger partial charge in [-0.3, -0.25) is 0 Å². The van der Waals surface area contributed by atoms with Gasteiger partial charge in [0, 0.05) is 0 Å². The van der Waals surface area contributed by atoms with E-state index in [1.807, 2.05) is 37.6 Å². The summed E-state index contributed by atoms with van der Waals surface area (Å²) in [6, 6.07) is 7.94. The topological polar surface area (TPSA) is 9.23 Å². The predicted molar refractivity (Wildman–Crippen MR) is 42.1 cm³/mol. The first-order chi connectivity index (χ1) is 4.88. The summed E-state index contributed by atoms with van der Waals surface area (Å²) in [6.07, 6.45) is 2.03. The molecule has 0 aromatic heterocycles. The van der Waals surface area contributed by atoms with E-state index in [0.29, 0.717) is 0 Å². The molecule has 1 heteroatoms. The Hall–Kier alpha value is -0.980. The number of para-hydroxylation sites is 1. The van der Waals surface area contributed by atoms with Crippen LogP contribution in [-0.2, 0) is 0 Å². The van der Waals surface area contributed by atoms with Crippen LogP contribution in [0.1, 0.15) is 12.5 Å². The SMILES string of the molecule is C[CH]c1ccccc1OC. The van der Waals surface area contributed by atoms with E-state index in [4.69, 9.17) is 4.74 Å². The molecule has 10 heavy (non-hydrogen) atoms. The van der Waals surface area contributed by atoms with E-state index in [1.165, 1.54) is 0 Å². The molecule has 53 valence electrons. The standard InChI is InChI=1S/C9H11O/c1-3-8-6-4-5-7-9(8)10-2/h3-7H,1-2H3. The minimum atomic E-state index is 0.935. The van der Waals surface area contributed by atoms with E-state index < -0.39 is 0 Å². The average molecular weight is 135 g/mol. The third-order valence-corrected chi connectivity index (χ3v) is 1.45. The molecule has 1 nitrogen and oxygen atoms in total. The molecule has 0 aliphatic carbocycles. The molecule has 0 saturated carbocycles. The van der Waals surface area contributed by atoms with Crippen molar-refractivity contribution in [3.63, 3.8) is 0 Å². The van der Waals surface area contributed by atoms with Gasteiger partial charge in [-0.2, -0.15) is 0 Å². The summed E-state index contributed by atoms with van der Waals surface area (Å²) in [7, 11) is 1.68. The fraction of sp³-hybridized carbons (Fsp3) is 0.222. The predicted octanol–water partition coefficient (Wildman–Crippen LogP) is 2.27. The lowest BCUT2D eigenvalue weighted by Gasteiger charge is -2.03. The van der Waals surface area contributed by atoms with Gasteiger partial charge in [0.2, 0.25) is 0 Å². The summed E-state index contributed by atoms with van der Waals surface area (Å²) < 4.78 is 5.10. The van der Waals surface area contributed by atoms with Crippen LogP contribution in [-0.4, -0.2) is 7.11 Å². The first-order valence-corrected chi connectivity index (χ1v) is 3.31. The van der Waals surface area contributed by atoms with Gasteiger partial charge < -0.3 is 4.74 Å². The van der Waals surface area contributed by atoms with Gasteiger partial charge in [-0.1, -0.05) is 25.1 Å². The maximum absolute atomic E-state index is 5.10. The van der Waals surface area contributed by atoms with Crippen LogP contribution >= 0.6 is 0 Å². The molecule has 0 saturated heterocycles. The van der Waals surface area contributed by atoms with Crippen molar-refractivity contribution in [2.24, 2.45) is 0 Å². The Morgan fingerprint density at radius 1 is 1.30 bits per heavy atom. The molecule has 1 rings (SSSR count). The zero-order chi connectivity index (χ0) is 7.40. The molecular weight excluding hydrogens is 124 g/mol. The molecule has 0 bridgehead atoms. The highest BCUT2D eigenvalue weighted by Gasteiger charge is 1.95. The third kappa shape index (κ3) is 1.29. The second-order valence-electron chi connectivity index (χ2n) is 2.03. The Balaban J connectivity index is 2.96. The Kier molecular flexibility index (Phi) is 2.32. The molecule has 0 aliphatic rings. The second-order valence-corrected chi connectivity index (χ2v) is 2.03. The van der Waals surface area contributed by atoms with Crippen molar-refractivity contribution in [3.05, 3.63) is 36.2 Å². The van der Waals surface area contributed by atoms with Crippen LogP contribution in [0.25, 0.3) is 0 Å². The van der Waals surface area contributed by atoms with Crippen molar-refractivity contribution in [3.8, 4) is 5.75 Å². The lowest BCUT2D eigenvalue weighted by atomic mass is 10.1. The molecule has 0 atom stereocenters. The van der Waals surface area contributed by atoms with Crippen LogP contribution in [0.2, 0.25) is 0 Å². The van der Waals surface area contributed by atoms with E-state index in [1.54, 1.807) is 7.11 Å². The monoisotopic (exact) mass is 135 g/mol. The van der Waals surface area contributed by atoms with E-state index >= 15 is 0 Å². The van der Waals surface area contributed by atoms with Gasteiger partial charge in [0.25, 0.3) is 0 Å². The van der Waals surface area contributed by atoms with Gasteiger partial charge in [0.15, 0.2) is 0 Å². The molecule has 0 N–H and O–H groups in total. The fourth-order valence-corrected chi connectivity index (χ4v) is 0.905. The van der Waals surface area contributed by atoms with Gasteiger partial charge in [0.1, 0.15) is 5.75 Å². The maximum atomic E-state index is 5.10. The molecular formula is C9H11O. The number of methoxy groups -OCH3 is 1. The second kappa shape index (κ2) is 3.25. The van der Waals surface area contributed by atoms with Crippen LogP contribution in [0.4, 0.5) is 0 Å². The van der Waals surface area contributed by atoms with E-state index in [-0.39, 0.29) is 0 Å². The average Bonchev–Trinajstić information content (AvgIpc) is 2.04. The normalized spacial score (nSPS) is 9.40. The number of benzene rings is 1. The number of ether oxygens (including phenoxy) is 1. The molecule has 0 fully saturated rings. The Morgan fingerprint density at radius 2 is 2.00 bits per heavy atom. The van der Waals surface area contributed by atoms with Crippen molar-refractivity contribution in [1.29, 1.82) is 0 Å². The highest BCUT2D eigenvalue weighted by atomic mass is 16.5. The Labute approximate surface area is 61.6 Å². The fourth-order valence-electron chi connectivity index (χ4n) is 0.905. The highest BCUT2D eigenvalue weighted by molar-refractivity contribution is 5.37. The molecule has 0 amide bonds. The van der Waals surface area contributed by atoms with Crippen LogP contribution in [0.15, 0.2) is 24.3 Å². The molecule has 0 spiro atoms. The highest BCUT2D eigenvalue weighted by Crippen LogP contribution is 2.17. The molecule has 1 radical (unpaired) electrons. The lowest BCUT2D eigenvalue weighted by Crippen LogP contribution is -1.87. The van der Waals surface area contributed by atoms with E-state index in [9.17, 15) is 0 Å². The van der Waals surface area contributed by atoms with Gasteiger partial charge in [-0.15, -0.1) is 0 Å². The van der Waals surface area contributed by atoms with Crippen LogP contribution in [0, 0.1) is 6.42 Å². The first kappa shape index (κ1) is 7.13. The zero-order valence-electron chi connectivity index (χ0n) is 6.29. The molecule has 1 aromatic rings. The third-order valence-electron chi connectivity index (χ3n) is 1.45. The first-order valence-electron chi connectivity index (χ1n) is 3.31. The van der Waals surface area contributed by atoms with Crippen molar-refractivity contribution in [2.75, 3.05) is 7.11 Å². The summed E-state index contributed by atoms with van der Waals surface area (Å²) in [4.78, 5) is 0. The minimum absolute atomic E-state index is 0.935. The van der Waals surface area contributed by atoms with E-state index in [2.05, 4.69) is 0 Å². The summed E-state index contributed by atoms with van der Waals surface area (Å²) in [5, 5.41) is 0. The van der Waals surface area contributed by atoms with Crippen molar-refractivity contribution >= 4 is 0 Å². The number of rotatable bonds is 2. The minimum Gasteiger partial charge on any atom is -0.496 e. The quantitative estimate of drug-likeness (QED) is 0.604. The summed E-state index contributed by atoms with van der Waals surface area (Å²) in [5.41, 5.74) is 1.14. The van der Waals surface area contributed by atoms with Crippen molar-refractivity contribution < 1.29 is 4.74 Å². The number of hydrogen-bond donors (Lipinski definition) is 0. The summed E-state index contributed by atoms with van der Waals surface area (Å²) in [5.74, 6) is 0.935. The largest absolute Gasteiger partial charge is 0.496 e. The van der Waals surface area contributed by atoms with Crippen LogP contribution < -0.4 is 4.74 Å². The van der Waals surface area contributed by atoms with Crippen molar-refractivity contribution in [2.45, 2.75) is 6.92 Å². The lowest BCUT2D eigenvalue weighted by molar-refractivity contribution is 0.412. The van der Waals surface area contributed by atoms with E-state index in [0.717, 1.165) is 11.3 Å². The molecule has 0 heterocycles. The molecule has 1 aromatic carbocycles. The van der Waals surface area contributed by atoms with Crippen molar-refractivity contribution in [1.82, 2.24) is 0 Å².